The molecule has 1 aromatic carbocycles. The number of rotatable bonds is 7. The van der Waals surface area contributed by atoms with Crippen molar-refractivity contribution in [2.75, 3.05) is 33.3 Å². The molecule has 7 heteroatoms. The van der Waals surface area contributed by atoms with Crippen LogP contribution < -0.4 is 10.1 Å². The third-order valence-electron chi connectivity index (χ3n) is 5.44. The summed E-state index contributed by atoms with van der Waals surface area (Å²) in [6.07, 6.45) is 1.39. The molecule has 1 unspecified atom stereocenters. The number of nitrogens with one attached hydrogen (secondary N) is 1. The van der Waals surface area contributed by atoms with Crippen molar-refractivity contribution in [1.29, 1.82) is 0 Å². The number of likely N-dealkylation sites (N-methyl/N-ethyl adjacent to an activating group) is 1. The van der Waals surface area contributed by atoms with E-state index in [4.69, 9.17) is 4.74 Å². The number of amides is 3. The van der Waals surface area contributed by atoms with Crippen LogP contribution in [-0.4, -0.2) is 66.9 Å². The number of methoxy groups -OCH3 is 1. The zero-order chi connectivity index (χ0) is 20.7. The monoisotopic (exact) mass is 389 g/mol. The first-order chi connectivity index (χ1) is 13.4. The summed E-state index contributed by atoms with van der Waals surface area (Å²) in [7, 11) is 1.57. The molecular formula is C21H31N3O4. The van der Waals surface area contributed by atoms with E-state index in [2.05, 4.69) is 5.32 Å². The highest BCUT2D eigenvalue weighted by molar-refractivity contribution is 5.97. The Labute approximate surface area is 167 Å². The van der Waals surface area contributed by atoms with E-state index in [1.54, 1.807) is 48.1 Å². The van der Waals surface area contributed by atoms with Gasteiger partial charge in [-0.15, -0.1) is 0 Å². The first kappa shape index (κ1) is 21.7. The fourth-order valence-electron chi connectivity index (χ4n) is 3.63. The predicted molar refractivity (Wildman–Crippen MR) is 107 cm³/mol. The molecule has 28 heavy (non-hydrogen) atoms. The van der Waals surface area contributed by atoms with Gasteiger partial charge in [-0.3, -0.25) is 14.4 Å². The van der Waals surface area contributed by atoms with Crippen LogP contribution in [0.5, 0.6) is 5.75 Å². The quantitative estimate of drug-likeness (QED) is 0.773. The molecule has 1 aromatic rings. The van der Waals surface area contributed by atoms with Crippen LogP contribution in [0.25, 0.3) is 0 Å². The third kappa shape index (κ3) is 5.24. The lowest BCUT2D eigenvalue weighted by Gasteiger charge is -2.37. The van der Waals surface area contributed by atoms with E-state index >= 15 is 0 Å². The first-order valence-corrected chi connectivity index (χ1v) is 9.90. The SMILES string of the molecule is CCN(CC)C(=O)C(NC(=O)c1ccc(OC)cc1)C1CCN(C(C)=O)CC1. The number of hydrogen-bond acceptors (Lipinski definition) is 4. The molecule has 2 rings (SSSR count). The molecule has 1 saturated heterocycles. The largest absolute Gasteiger partial charge is 0.497 e. The Morgan fingerprint density at radius 2 is 1.71 bits per heavy atom. The summed E-state index contributed by atoms with van der Waals surface area (Å²) >= 11 is 0. The van der Waals surface area contributed by atoms with Crippen molar-refractivity contribution >= 4 is 17.7 Å². The molecule has 0 aliphatic carbocycles. The van der Waals surface area contributed by atoms with Crippen LogP contribution >= 0.6 is 0 Å². The van der Waals surface area contributed by atoms with Gasteiger partial charge in [0.05, 0.1) is 7.11 Å². The number of carbonyl (C=O) groups is 3. The van der Waals surface area contributed by atoms with Crippen LogP contribution in [0.15, 0.2) is 24.3 Å². The van der Waals surface area contributed by atoms with Crippen LogP contribution in [-0.2, 0) is 9.59 Å². The molecule has 154 valence electrons. The lowest BCUT2D eigenvalue weighted by molar-refractivity contribution is -0.135. The number of carbonyl (C=O) groups excluding carboxylic acids is 3. The average Bonchev–Trinajstić information content (AvgIpc) is 2.72. The molecule has 1 aliphatic rings. The van der Waals surface area contributed by atoms with Gasteiger partial charge in [0.1, 0.15) is 11.8 Å². The van der Waals surface area contributed by atoms with Crippen LogP contribution in [0.4, 0.5) is 0 Å². The molecule has 0 saturated carbocycles. The molecule has 1 atom stereocenters. The molecule has 7 nitrogen and oxygen atoms in total. The van der Waals surface area contributed by atoms with E-state index in [1.807, 2.05) is 13.8 Å². The van der Waals surface area contributed by atoms with Crippen molar-refractivity contribution in [3.8, 4) is 5.75 Å². The second-order valence-electron chi connectivity index (χ2n) is 7.03. The summed E-state index contributed by atoms with van der Waals surface area (Å²) in [4.78, 5) is 41.0. The van der Waals surface area contributed by atoms with Crippen LogP contribution in [0.3, 0.4) is 0 Å². The summed E-state index contributed by atoms with van der Waals surface area (Å²) < 4.78 is 5.13. The van der Waals surface area contributed by atoms with Gasteiger partial charge in [-0.1, -0.05) is 0 Å². The van der Waals surface area contributed by atoms with Gasteiger partial charge in [0, 0.05) is 38.7 Å². The van der Waals surface area contributed by atoms with Gasteiger partial charge in [-0.25, -0.2) is 0 Å². The highest BCUT2D eigenvalue weighted by Gasteiger charge is 2.35. The summed E-state index contributed by atoms with van der Waals surface area (Å²) in [6.45, 7) is 7.84. The van der Waals surface area contributed by atoms with Crippen molar-refractivity contribution in [3.63, 3.8) is 0 Å². The number of hydrogen-bond donors (Lipinski definition) is 1. The van der Waals surface area contributed by atoms with E-state index in [9.17, 15) is 14.4 Å². The molecular weight excluding hydrogens is 358 g/mol. The number of benzene rings is 1. The molecule has 0 bridgehead atoms. The summed E-state index contributed by atoms with van der Waals surface area (Å²) in [5.74, 6) is 0.387. The summed E-state index contributed by atoms with van der Waals surface area (Å²) in [5, 5.41) is 2.96. The van der Waals surface area contributed by atoms with Gasteiger partial charge in [0.25, 0.3) is 5.91 Å². The van der Waals surface area contributed by atoms with Gasteiger partial charge >= 0.3 is 0 Å². The van der Waals surface area contributed by atoms with Gasteiger partial charge in [0.2, 0.25) is 11.8 Å². The Bertz CT molecular complexity index is 677. The minimum absolute atomic E-state index is 0.00546. The molecule has 1 fully saturated rings. The van der Waals surface area contributed by atoms with Crippen LogP contribution in [0, 0.1) is 5.92 Å². The number of piperidine rings is 1. The minimum Gasteiger partial charge on any atom is -0.497 e. The van der Waals surface area contributed by atoms with Crippen molar-refractivity contribution in [2.45, 2.75) is 39.7 Å². The number of ether oxygens (including phenoxy) is 1. The van der Waals surface area contributed by atoms with E-state index in [0.717, 1.165) is 0 Å². The molecule has 1 aliphatic heterocycles. The second-order valence-corrected chi connectivity index (χ2v) is 7.03. The number of likely N-dealkylation sites (tertiary alicyclic amines) is 1. The summed E-state index contributed by atoms with van der Waals surface area (Å²) in [5.41, 5.74) is 0.485. The van der Waals surface area contributed by atoms with E-state index < -0.39 is 6.04 Å². The Balaban J connectivity index is 2.16. The lowest BCUT2D eigenvalue weighted by atomic mass is 9.88. The zero-order valence-electron chi connectivity index (χ0n) is 17.2. The smallest absolute Gasteiger partial charge is 0.251 e. The average molecular weight is 389 g/mol. The van der Waals surface area contributed by atoms with Crippen LogP contribution in [0.2, 0.25) is 0 Å². The fourth-order valence-corrected chi connectivity index (χ4v) is 3.63. The molecule has 0 aromatic heterocycles. The topological polar surface area (TPSA) is 79.0 Å². The molecule has 3 amide bonds. The second kappa shape index (κ2) is 10.1. The Morgan fingerprint density at radius 1 is 1.14 bits per heavy atom. The van der Waals surface area contributed by atoms with Gasteiger partial charge in [-0.2, -0.15) is 0 Å². The lowest BCUT2D eigenvalue weighted by Crippen LogP contribution is -2.54. The highest BCUT2D eigenvalue weighted by Crippen LogP contribution is 2.23. The van der Waals surface area contributed by atoms with Crippen molar-refractivity contribution in [1.82, 2.24) is 15.1 Å². The first-order valence-electron chi connectivity index (χ1n) is 9.90. The predicted octanol–water partition coefficient (Wildman–Crippen LogP) is 1.92. The zero-order valence-corrected chi connectivity index (χ0v) is 17.2. The molecule has 0 spiro atoms. The highest BCUT2D eigenvalue weighted by atomic mass is 16.5. The van der Waals surface area contributed by atoms with E-state index in [-0.39, 0.29) is 23.6 Å². The maximum atomic E-state index is 13.1. The van der Waals surface area contributed by atoms with Crippen LogP contribution in [0.1, 0.15) is 44.0 Å². The Morgan fingerprint density at radius 3 is 2.18 bits per heavy atom. The third-order valence-corrected chi connectivity index (χ3v) is 5.44. The van der Waals surface area contributed by atoms with Gasteiger partial charge in [0.15, 0.2) is 0 Å². The standard InChI is InChI=1S/C21H31N3O4/c1-5-23(6-2)21(27)19(16-11-13-24(14-12-16)15(3)25)22-20(26)17-7-9-18(28-4)10-8-17/h7-10,16,19H,5-6,11-14H2,1-4H3,(H,22,26). The Kier molecular flexibility index (Phi) is 7.84. The van der Waals surface area contributed by atoms with Gasteiger partial charge < -0.3 is 19.9 Å². The van der Waals surface area contributed by atoms with E-state index in [1.165, 1.54) is 0 Å². The minimum atomic E-state index is -0.594. The normalized spacial score (nSPS) is 15.6. The summed E-state index contributed by atoms with van der Waals surface area (Å²) in [6, 6.07) is 6.23. The maximum absolute atomic E-state index is 13.1. The molecule has 1 N–H and O–H groups in total. The molecule has 0 radical (unpaired) electrons. The maximum Gasteiger partial charge on any atom is 0.251 e. The van der Waals surface area contributed by atoms with E-state index in [0.29, 0.717) is 50.3 Å². The Hall–Kier alpha value is -2.57. The molecule has 1 heterocycles. The van der Waals surface area contributed by atoms with Crippen molar-refractivity contribution in [2.24, 2.45) is 5.92 Å². The fraction of sp³-hybridized carbons (Fsp3) is 0.571. The number of nitrogens with zero attached hydrogens (tertiary/aromatic N) is 2. The van der Waals surface area contributed by atoms with Gasteiger partial charge in [-0.05, 0) is 56.9 Å². The van der Waals surface area contributed by atoms with Crippen molar-refractivity contribution < 1.29 is 19.1 Å². The van der Waals surface area contributed by atoms with Crippen molar-refractivity contribution in [3.05, 3.63) is 29.8 Å².